The van der Waals surface area contributed by atoms with Crippen LogP contribution in [0.25, 0.3) is 0 Å². The average molecular weight is 529 g/mol. The van der Waals surface area contributed by atoms with Crippen LogP contribution in [0.1, 0.15) is 16.1 Å². The summed E-state index contributed by atoms with van der Waals surface area (Å²) in [5, 5.41) is 18.2. The molecule has 3 N–H and O–H groups in total. The summed E-state index contributed by atoms with van der Waals surface area (Å²) in [6.45, 7) is 4.70. The third-order valence-corrected chi connectivity index (χ3v) is 5.55. The Labute approximate surface area is 192 Å². The largest absolute Gasteiger partial charge is 0.506 e. The van der Waals surface area contributed by atoms with E-state index in [2.05, 4.69) is 25.4 Å². The minimum atomic E-state index is -0.0142. The van der Waals surface area contributed by atoms with Crippen LogP contribution in [0.2, 0.25) is 0 Å². The number of piperazine rings is 1. The van der Waals surface area contributed by atoms with Crippen LogP contribution in [0.5, 0.6) is 5.75 Å². The second kappa shape index (κ2) is 11.9. The molecule has 158 valence electrons. The zero-order valence-corrected chi connectivity index (χ0v) is 19.7. The first-order valence-electron chi connectivity index (χ1n) is 9.49. The topological polar surface area (TPSA) is 80.2 Å². The molecule has 0 aliphatic carbocycles. The molecule has 7 nitrogen and oxygen atoms in total. The third-order valence-electron chi connectivity index (χ3n) is 4.68. The van der Waals surface area contributed by atoms with Crippen LogP contribution in [0.3, 0.4) is 0 Å². The molecule has 0 atom stereocenters. The number of nitrogens with one attached hydrogen (secondary N) is 2. The second-order valence-corrected chi connectivity index (χ2v) is 7.47. The Morgan fingerprint density at radius 1 is 1.10 bits per heavy atom. The van der Waals surface area contributed by atoms with E-state index in [0.29, 0.717) is 12.3 Å². The van der Waals surface area contributed by atoms with Gasteiger partial charge in [0.05, 0.1) is 10.6 Å². The Morgan fingerprint density at radius 3 is 2.48 bits per heavy atom. The highest BCUT2D eigenvalue weighted by molar-refractivity contribution is 14.0. The molecule has 1 aliphatic rings. The Bertz CT molecular complexity index is 792. The molecular formula is C20H28IN5O2S. The molecule has 1 fully saturated rings. The number of phenols is 1. The maximum atomic E-state index is 11.9. The van der Waals surface area contributed by atoms with Crippen molar-refractivity contribution in [2.24, 2.45) is 4.99 Å². The number of para-hydroxylation sites is 2. The molecule has 1 aromatic carbocycles. The van der Waals surface area contributed by atoms with E-state index in [9.17, 15) is 9.90 Å². The Morgan fingerprint density at radius 2 is 1.83 bits per heavy atom. The highest BCUT2D eigenvalue weighted by Gasteiger charge is 2.21. The number of hydrogen-bond donors (Lipinski definition) is 3. The second-order valence-electron chi connectivity index (χ2n) is 6.52. The SMILES string of the molecule is CN=C(NCCCNC(=O)c1cccs1)N1CCN(c2ccccc2O)CC1.I. The van der Waals surface area contributed by atoms with Gasteiger partial charge in [-0.15, -0.1) is 35.3 Å². The number of aliphatic imine (C=N–C) groups is 1. The van der Waals surface area contributed by atoms with Gasteiger partial charge in [-0.05, 0) is 30.0 Å². The highest BCUT2D eigenvalue weighted by Crippen LogP contribution is 2.27. The van der Waals surface area contributed by atoms with Crippen molar-refractivity contribution in [2.45, 2.75) is 6.42 Å². The number of carbonyl (C=O) groups excluding carboxylic acids is 1. The lowest BCUT2D eigenvalue weighted by atomic mass is 10.2. The summed E-state index contributed by atoms with van der Waals surface area (Å²) in [4.78, 5) is 21.4. The van der Waals surface area contributed by atoms with E-state index in [1.165, 1.54) is 11.3 Å². The number of anilines is 1. The number of rotatable bonds is 6. The van der Waals surface area contributed by atoms with Crippen molar-refractivity contribution >= 4 is 52.9 Å². The number of nitrogens with zero attached hydrogens (tertiary/aromatic N) is 3. The number of thiophene rings is 1. The molecule has 2 heterocycles. The molecule has 0 radical (unpaired) electrons. The van der Waals surface area contributed by atoms with Gasteiger partial charge < -0.3 is 25.5 Å². The normalized spacial score (nSPS) is 14.3. The maximum absolute atomic E-state index is 11.9. The van der Waals surface area contributed by atoms with Crippen molar-refractivity contribution in [2.75, 3.05) is 51.2 Å². The van der Waals surface area contributed by atoms with Gasteiger partial charge in [0.25, 0.3) is 5.91 Å². The Kier molecular flexibility index (Phi) is 9.52. The minimum Gasteiger partial charge on any atom is -0.506 e. The highest BCUT2D eigenvalue weighted by atomic mass is 127. The fourth-order valence-corrected chi connectivity index (χ4v) is 3.85. The molecule has 9 heteroatoms. The summed E-state index contributed by atoms with van der Waals surface area (Å²) >= 11 is 1.45. The van der Waals surface area contributed by atoms with Gasteiger partial charge in [-0.25, -0.2) is 0 Å². The molecule has 1 amide bonds. The minimum absolute atomic E-state index is 0. The molecule has 0 unspecified atom stereocenters. The van der Waals surface area contributed by atoms with Gasteiger partial charge in [-0.3, -0.25) is 9.79 Å². The van der Waals surface area contributed by atoms with Gasteiger partial charge >= 0.3 is 0 Å². The summed E-state index contributed by atoms with van der Waals surface area (Å²) < 4.78 is 0. The summed E-state index contributed by atoms with van der Waals surface area (Å²) in [6.07, 6.45) is 0.827. The number of phenolic OH excluding ortho intramolecular Hbond substituents is 1. The van der Waals surface area contributed by atoms with Crippen molar-refractivity contribution in [1.82, 2.24) is 15.5 Å². The van der Waals surface area contributed by atoms with Crippen LogP contribution in [0.4, 0.5) is 5.69 Å². The summed E-state index contributed by atoms with van der Waals surface area (Å²) in [5.41, 5.74) is 0.881. The smallest absolute Gasteiger partial charge is 0.261 e. The molecule has 2 aromatic rings. The predicted octanol–water partition coefficient (Wildman–Crippen LogP) is 2.59. The van der Waals surface area contributed by atoms with E-state index in [1.807, 2.05) is 35.7 Å². The van der Waals surface area contributed by atoms with Crippen molar-refractivity contribution in [3.05, 3.63) is 46.7 Å². The predicted molar refractivity (Wildman–Crippen MR) is 130 cm³/mol. The molecule has 1 aliphatic heterocycles. The quantitative estimate of drug-likeness (QED) is 0.232. The first-order valence-corrected chi connectivity index (χ1v) is 10.4. The van der Waals surface area contributed by atoms with Crippen LogP contribution >= 0.6 is 35.3 Å². The van der Waals surface area contributed by atoms with Gasteiger partial charge in [-0.1, -0.05) is 18.2 Å². The van der Waals surface area contributed by atoms with Crippen molar-refractivity contribution in [3.8, 4) is 5.75 Å². The molecule has 1 aromatic heterocycles. The van der Waals surface area contributed by atoms with Crippen LogP contribution in [0, 0.1) is 0 Å². The van der Waals surface area contributed by atoms with Crippen molar-refractivity contribution in [1.29, 1.82) is 0 Å². The zero-order valence-electron chi connectivity index (χ0n) is 16.5. The van der Waals surface area contributed by atoms with Gasteiger partial charge in [0, 0.05) is 46.3 Å². The van der Waals surface area contributed by atoms with Crippen molar-refractivity contribution in [3.63, 3.8) is 0 Å². The fourth-order valence-electron chi connectivity index (χ4n) is 3.21. The van der Waals surface area contributed by atoms with Gasteiger partial charge in [0.15, 0.2) is 5.96 Å². The lowest BCUT2D eigenvalue weighted by molar-refractivity contribution is 0.0957. The van der Waals surface area contributed by atoms with E-state index < -0.39 is 0 Å². The maximum Gasteiger partial charge on any atom is 0.261 e. The van der Waals surface area contributed by atoms with Crippen LogP contribution in [-0.2, 0) is 0 Å². The first kappa shape index (κ1) is 23.3. The number of halogens is 1. The lowest BCUT2D eigenvalue weighted by Gasteiger charge is -2.37. The van der Waals surface area contributed by atoms with Crippen LogP contribution < -0.4 is 15.5 Å². The third kappa shape index (κ3) is 6.49. The van der Waals surface area contributed by atoms with Gasteiger partial charge in [0.2, 0.25) is 0 Å². The van der Waals surface area contributed by atoms with E-state index in [-0.39, 0.29) is 29.9 Å². The summed E-state index contributed by atoms with van der Waals surface area (Å²) in [7, 11) is 1.79. The van der Waals surface area contributed by atoms with Crippen LogP contribution in [-0.4, -0.2) is 68.2 Å². The fraction of sp³-hybridized carbons (Fsp3) is 0.400. The molecule has 1 saturated heterocycles. The van der Waals surface area contributed by atoms with E-state index in [4.69, 9.17) is 0 Å². The number of hydrogen-bond acceptors (Lipinski definition) is 5. The molecule has 0 saturated carbocycles. The van der Waals surface area contributed by atoms with Gasteiger partial charge in [0.1, 0.15) is 5.75 Å². The van der Waals surface area contributed by atoms with Crippen LogP contribution in [0.15, 0.2) is 46.8 Å². The monoisotopic (exact) mass is 529 g/mol. The summed E-state index contributed by atoms with van der Waals surface area (Å²) in [5.74, 6) is 1.18. The molecule has 29 heavy (non-hydrogen) atoms. The standard InChI is InChI=1S/C20H27N5O2S.HI/c1-21-20(23-10-5-9-22-19(27)18-8-4-15-28-18)25-13-11-24(12-14-25)16-6-2-3-7-17(16)26;/h2-4,6-8,15,26H,5,9-14H2,1H3,(H,21,23)(H,22,27);1H. The number of aromatic hydroxyl groups is 1. The Balaban J connectivity index is 0.00000300. The van der Waals surface area contributed by atoms with E-state index >= 15 is 0 Å². The van der Waals surface area contributed by atoms with E-state index in [1.54, 1.807) is 13.1 Å². The molecular weight excluding hydrogens is 501 g/mol. The Hall–Kier alpha value is -2.01. The molecule has 3 rings (SSSR count). The first-order chi connectivity index (χ1) is 13.7. The van der Waals surface area contributed by atoms with E-state index in [0.717, 1.165) is 55.7 Å². The van der Waals surface area contributed by atoms with Crippen molar-refractivity contribution < 1.29 is 9.90 Å². The zero-order chi connectivity index (χ0) is 19.8. The summed E-state index contributed by atoms with van der Waals surface area (Å²) in [6, 6.07) is 11.2. The number of benzene rings is 1. The number of guanidine groups is 1. The molecule has 0 bridgehead atoms. The van der Waals surface area contributed by atoms with Gasteiger partial charge in [-0.2, -0.15) is 0 Å². The lowest BCUT2D eigenvalue weighted by Crippen LogP contribution is -2.52. The average Bonchev–Trinajstić information content (AvgIpc) is 3.26. The molecule has 0 spiro atoms. The number of amides is 1. The number of carbonyl (C=O) groups is 1.